The van der Waals surface area contributed by atoms with Gasteiger partial charge in [0.05, 0.1) is 6.10 Å². The van der Waals surface area contributed by atoms with Gasteiger partial charge >= 0.3 is 0 Å². The molecule has 0 bridgehead atoms. The lowest BCUT2D eigenvalue weighted by Gasteiger charge is -2.27. The molecule has 0 radical (unpaired) electrons. The smallest absolute Gasteiger partial charge is 0.0691 e. The first-order valence-electron chi connectivity index (χ1n) is 6.67. The fraction of sp³-hybridized carbons (Fsp3) is 1.00. The summed E-state index contributed by atoms with van der Waals surface area (Å²) in [5.74, 6) is 0.782. The molecule has 0 aromatic rings. The van der Waals surface area contributed by atoms with E-state index in [1.165, 1.54) is 32.1 Å². The molecule has 1 saturated carbocycles. The maximum Gasteiger partial charge on any atom is 0.0691 e. The standard InChI is InChI=1S/C13H27NO/c1-2-3-9-13(15)12(14)10-11-7-5-4-6-8-11/h11-13,15H,2-10,14H2,1H3. The molecule has 0 aromatic heterocycles. The van der Waals surface area contributed by atoms with E-state index in [2.05, 4.69) is 6.92 Å². The largest absolute Gasteiger partial charge is 0.392 e. The van der Waals surface area contributed by atoms with Crippen LogP contribution in [0.15, 0.2) is 0 Å². The number of aliphatic hydroxyl groups excluding tert-OH is 1. The van der Waals surface area contributed by atoms with Crippen molar-refractivity contribution in [3.63, 3.8) is 0 Å². The molecule has 0 spiro atoms. The summed E-state index contributed by atoms with van der Waals surface area (Å²) in [7, 11) is 0. The fourth-order valence-corrected chi connectivity index (χ4v) is 2.59. The molecule has 1 fully saturated rings. The third-order valence-electron chi connectivity index (χ3n) is 3.68. The van der Waals surface area contributed by atoms with Crippen molar-refractivity contribution in [2.45, 2.75) is 76.9 Å². The summed E-state index contributed by atoms with van der Waals surface area (Å²) in [5, 5.41) is 9.85. The molecule has 0 aromatic carbocycles. The Morgan fingerprint density at radius 2 is 1.93 bits per heavy atom. The van der Waals surface area contributed by atoms with Gasteiger partial charge in [-0.2, -0.15) is 0 Å². The maximum absolute atomic E-state index is 9.85. The topological polar surface area (TPSA) is 46.2 Å². The molecule has 1 aliphatic rings. The summed E-state index contributed by atoms with van der Waals surface area (Å²) in [6, 6.07) is 0.0136. The van der Waals surface area contributed by atoms with Crippen LogP contribution in [0.4, 0.5) is 0 Å². The van der Waals surface area contributed by atoms with Crippen LogP contribution >= 0.6 is 0 Å². The average molecular weight is 213 g/mol. The van der Waals surface area contributed by atoms with Gasteiger partial charge in [-0.1, -0.05) is 51.9 Å². The second-order valence-electron chi connectivity index (χ2n) is 5.11. The second-order valence-corrected chi connectivity index (χ2v) is 5.11. The zero-order valence-corrected chi connectivity index (χ0v) is 10.1. The van der Waals surface area contributed by atoms with Gasteiger partial charge in [0.25, 0.3) is 0 Å². The number of unbranched alkanes of at least 4 members (excludes halogenated alkanes) is 1. The van der Waals surface area contributed by atoms with E-state index in [1.807, 2.05) is 0 Å². The molecule has 15 heavy (non-hydrogen) atoms. The van der Waals surface area contributed by atoms with Gasteiger partial charge in [-0.3, -0.25) is 0 Å². The predicted octanol–water partition coefficient (Wildman–Crippen LogP) is 2.84. The van der Waals surface area contributed by atoms with Crippen LogP contribution in [0.1, 0.15) is 64.7 Å². The Bertz CT molecular complexity index is 155. The summed E-state index contributed by atoms with van der Waals surface area (Å²) in [6.07, 6.45) is 10.7. The van der Waals surface area contributed by atoms with Gasteiger partial charge in [-0.15, -0.1) is 0 Å². The average Bonchev–Trinajstić information content (AvgIpc) is 2.27. The van der Waals surface area contributed by atoms with Gasteiger partial charge in [-0.25, -0.2) is 0 Å². The van der Waals surface area contributed by atoms with Crippen molar-refractivity contribution in [1.82, 2.24) is 0 Å². The van der Waals surface area contributed by atoms with E-state index < -0.39 is 0 Å². The van der Waals surface area contributed by atoms with E-state index in [4.69, 9.17) is 5.73 Å². The molecule has 2 atom stereocenters. The molecule has 2 nitrogen and oxygen atoms in total. The molecule has 0 saturated heterocycles. The van der Waals surface area contributed by atoms with Crippen LogP contribution in [0.2, 0.25) is 0 Å². The Hall–Kier alpha value is -0.0800. The molecule has 1 aliphatic carbocycles. The number of nitrogens with two attached hydrogens (primary N) is 1. The fourth-order valence-electron chi connectivity index (χ4n) is 2.59. The number of aliphatic hydroxyl groups is 1. The van der Waals surface area contributed by atoms with Gasteiger partial charge in [0.2, 0.25) is 0 Å². The van der Waals surface area contributed by atoms with Crippen LogP contribution in [0.25, 0.3) is 0 Å². The minimum atomic E-state index is -0.271. The van der Waals surface area contributed by atoms with Crippen LogP contribution in [0, 0.1) is 5.92 Å². The lowest BCUT2D eigenvalue weighted by Crippen LogP contribution is -2.36. The zero-order chi connectivity index (χ0) is 11.1. The van der Waals surface area contributed by atoms with Crippen LogP contribution in [-0.2, 0) is 0 Å². The quantitative estimate of drug-likeness (QED) is 0.712. The van der Waals surface area contributed by atoms with Gasteiger partial charge in [0.15, 0.2) is 0 Å². The van der Waals surface area contributed by atoms with Gasteiger partial charge in [0.1, 0.15) is 0 Å². The first-order chi connectivity index (χ1) is 7.24. The van der Waals surface area contributed by atoms with Crippen molar-refractivity contribution in [2.75, 3.05) is 0 Å². The van der Waals surface area contributed by atoms with Crippen LogP contribution in [0.5, 0.6) is 0 Å². The van der Waals surface area contributed by atoms with Crippen LogP contribution in [-0.4, -0.2) is 17.3 Å². The van der Waals surface area contributed by atoms with Crippen molar-refractivity contribution in [3.8, 4) is 0 Å². The van der Waals surface area contributed by atoms with Crippen LogP contribution < -0.4 is 5.73 Å². The Labute approximate surface area is 94.2 Å². The minimum absolute atomic E-state index is 0.0136. The third-order valence-corrected chi connectivity index (χ3v) is 3.68. The highest BCUT2D eigenvalue weighted by Gasteiger charge is 2.21. The van der Waals surface area contributed by atoms with E-state index >= 15 is 0 Å². The molecule has 3 N–H and O–H groups in total. The first-order valence-corrected chi connectivity index (χ1v) is 6.67. The van der Waals surface area contributed by atoms with Gasteiger partial charge < -0.3 is 10.8 Å². The van der Waals surface area contributed by atoms with E-state index in [0.717, 1.165) is 31.6 Å². The maximum atomic E-state index is 9.85. The highest BCUT2D eigenvalue weighted by Crippen LogP contribution is 2.27. The summed E-state index contributed by atoms with van der Waals surface area (Å²) in [6.45, 7) is 2.15. The molecule has 1 rings (SSSR count). The normalized spacial score (nSPS) is 22.6. The highest BCUT2D eigenvalue weighted by molar-refractivity contribution is 4.77. The molecular formula is C13H27NO. The molecule has 2 unspecified atom stereocenters. The monoisotopic (exact) mass is 213 g/mol. The SMILES string of the molecule is CCCCC(O)C(N)CC1CCCCC1. The molecule has 90 valence electrons. The van der Waals surface area contributed by atoms with E-state index in [-0.39, 0.29) is 12.1 Å². The number of hydrogen-bond donors (Lipinski definition) is 2. The highest BCUT2D eigenvalue weighted by atomic mass is 16.3. The summed E-state index contributed by atoms with van der Waals surface area (Å²) < 4.78 is 0. The molecular weight excluding hydrogens is 186 g/mol. The molecule has 0 amide bonds. The Balaban J connectivity index is 2.17. The Morgan fingerprint density at radius 1 is 1.27 bits per heavy atom. The number of rotatable bonds is 6. The molecule has 2 heteroatoms. The zero-order valence-electron chi connectivity index (χ0n) is 10.1. The van der Waals surface area contributed by atoms with E-state index in [1.54, 1.807) is 0 Å². The Kier molecular flexibility index (Phi) is 6.26. The van der Waals surface area contributed by atoms with E-state index in [9.17, 15) is 5.11 Å². The summed E-state index contributed by atoms with van der Waals surface area (Å²) >= 11 is 0. The van der Waals surface area contributed by atoms with E-state index in [0.29, 0.717) is 0 Å². The number of hydrogen-bond acceptors (Lipinski definition) is 2. The predicted molar refractivity (Wildman–Crippen MR) is 64.7 cm³/mol. The lowest BCUT2D eigenvalue weighted by molar-refractivity contribution is 0.116. The Morgan fingerprint density at radius 3 is 2.53 bits per heavy atom. The second kappa shape index (κ2) is 7.24. The van der Waals surface area contributed by atoms with Crippen molar-refractivity contribution < 1.29 is 5.11 Å². The van der Waals surface area contributed by atoms with Crippen molar-refractivity contribution in [1.29, 1.82) is 0 Å². The third kappa shape index (κ3) is 4.98. The van der Waals surface area contributed by atoms with Crippen molar-refractivity contribution in [2.24, 2.45) is 11.7 Å². The van der Waals surface area contributed by atoms with Crippen molar-refractivity contribution >= 4 is 0 Å². The van der Waals surface area contributed by atoms with Crippen molar-refractivity contribution in [3.05, 3.63) is 0 Å². The minimum Gasteiger partial charge on any atom is -0.392 e. The first kappa shape index (κ1) is 13.0. The van der Waals surface area contributed by atoms with Gasteiger partial charge in [-0.05, 0) is 18.8 Å². The lowest BCUT2D eigenvalue weighted by atomic mass is 9.83. The summed E-state index contributed by atoms with van der Waals surface area (Å²) in [5.41, 5.74) is 6.04. The molecule has 0 heterocycles. The van der Waals surface area contributed by atoms with Crippen LogP contribution in [0.3, 0.4) is 0 Å². The molecule has 0 aliphatic heterocycles. The summed E-state index contributed by atoms with van der Waals surface area (Å²) in [4.78, 5) is 0. The van der Waals surface area contributed by atoms with Gasteiger partial charge in [0, 0.05) is 6.04 Å².